The van der Waals surface area contributed by atoms with Gasteiger partial charge in [-0.3, -0.25) is 14.2 Å². The number of para-hydroxylation sites is 1. The lowest BCUT2D eigenvalue weighted by atomic mass is 10.1. The summed E-state index contributed by atoms with van der Waals surface area (Å²) in [4.78, 5) is 30.9. The van der Waals surface area contributed by atoms with E-state index < -0.39 is 5.25 Å². The molecule has 0 fully saturated rings. The van der Waals surface area contributed by atoms with Gasteiger partial charge in [-0.05, 0) is 55.2 Å². The number of thioether (sulfide) groups is 1. The minimum Gasteiger partial charge on any atom is -0.497 e. The van der Waals surface area contributed by atoms with Crippen LogP contribution in [0.3, 0.4) is 0 Å². The summed E-state index contributed by atoms with van der Waals surface area (Å²) in [7, 11) is 1.62. The second kappa shape index (κ2) is 11.7. The van der Waals surface area contributed by atoms with E-state index in [4.69, 9.17) is 9.72 Å². The lowest BCUT2D eigenvalue weighted by Crippen LogP contribution is -2.31. The number of hydrogen-bond acceptors (Lipinski definition) is 5. The van der Waals surface area contributed by atoms with E-state index >= 15 is 0 Å². The van der Waals surface area contributed by atoms with Crippen molar-refractivity contribution in [3.05, 3.63) is 100 Å². The molecule has 6 nitrogen and oxygen atoms in total. The maximum Gasteiger partial charge on any atom is 0.262 e. The van der Waals surface area contributed by atoms with Crippen molar-refractivity contribution in [1.82, 2.24) is 14.9 Å². The number of nitrogens with one attached hydrogen (secondary N) is 1. The van der Waals surface area contributed by atoms with Crippen molar-refractivity contribution in [2.24, 2.45) is 0 Å². The number of fused-ring (bicyclic) bond motifs is 1. The summed E-state index contributed by atoms with van der Waals surface area (Å²) in [5.41, 5.74) is 2.79. The van der Waals surface area contributed by atoms with Gasteiger partial charge in [0.2, 0.25) is 5.91 Å². The van der Waals surface area contributed by atoms with Crippen LogP contribution in [-0.4, -0.2) is 27.8 Å². The summed E-state index contributed by atoms with van der Waals surface area (Å²) in [6, 6.07) is 25.2. The summed E-state index contributed by atoms with van der Waals surface area (Å²) in [6.07, 6.45) is 1.66. The molecule has 0 aliphatic carbocycles. The van der Waals surface area contributed by atoms with E-state index in [1.807, 2.05) is 67.6 Å². The van der Waals surface area contributed by atoms with Gasteiger partial charge in [0.1, 0.15) is 5.75 Å². The maximum absolute atomic E-state index is 13.3. The van der Waals surface area contributed by atoms with Gasteiger partial charge in [0.25, 0.3) is 5.56 Å². The highest BCUT2D eigenvalue weighted by Crippen LogP contribution is 2.23. The van der Waals surface area contributed by atoms with Crippen molar-refractivity contribution in [1.29, 1.82) is 0 Å². The molecule has 1 amide bonds. The zero-order valence-electron chi connectivity index (χ0n) is 19.9. The standard InChI is InChI=1S/C28H29N3O3S/c1-20(26(32)29-19-22-14-16-23(34-2)17-15-22)35-28-30-25-13-7-6-12-24(25)27(33)31(28)18-8-11-21-9-4-3-5-10-21/h3-7,9-10,12-17,20H,8,11,18-19H2,1-2H3,(H,29,32). The molecule has 1 unspecified atom stereocenters. The summed E-state index contributed by atoms with van der Waals surface area (Å²) in [5.74, 6) is 0.667. The van der Waals surface area contributed by atoms with Crippen molar-refractivity contribution < 1.29 is 9.53 Å². The van der Waals surface area contributed by atoms with Crippen LogP contribution < -0.4 is 15.6 Å². The number of carbonyl (C=O) groups is 1. The Balaban J connectivity index is 1.48. The van der Waals surface area contributed by atoms with Crippen LogP contribution in [-0.2, 0) is 24.3 Å². The first-order valence-electron chi connectivity index (χ1n) is 11.7. The number of nitrogens with zero attached hydrogens (tertiary/aromatic N) is 2. The molecule has 1 heterocycles. The minimum atomic E-state index is -0.415. The largest absolute Gasteiger partial charge is 0.497 e. The molecule has 3 aromatic carbocycles. The van der Waals surface area contributed by atoms with Crippen LogP contribution in [0.1, 0.15) is 24.5 Å². The van der Waals surface area contributed by atoms with Crippen molar-refractivity contribution in [2.75, 3.05) is 7.11 Å². The number of amides is 1. The third kappa shape index (κ3) is 6.31. The molecule has 0 saturated heterocycles. The molecule has 1 N–H and O–H groups in total. The van der Waals surface area contributed by atoms with Gasteiger partial charge in [0.05, 0.1) is 23.3 Å². The minimum absolute atomic E-state index is 0.0722. The van der Waals surface area contributed by atoms with E-state index in [0.29, 0.717) is 29.1 Å². The van der Waals surface area contributed by atoms with E-state index in [2.05, 4.69) is 17.4 Å². The smallest absolute Gasteiger partial charge is 0.262 e. The molecule has 180 valence electrons. The summed E-state index contributed by atoms with van der Waals surface area (Å²) < 4.78 is 6.89. The summed E-state index contributed by atoms with van der Waals surface area (Å²) in [5, 5.41) is 3.72. The Morgan fingerprint density at radius 1 is 1.00 bits per heavy atom. The number of rotatable bonds is 10. The van der Waals surface area contributed by atoms with Crippen LogP contribution in [0.25, 0.3) is 10.9 Å². The molecule has 0 radical (unpaired) electrons. The molecule has 7 heteroatoms. The number of hydrogen-bond donors (Lipinski definition) is 1. The zero-order chi connectivity index (χ0) is 24.6. The number of aromatic nitrogens is 2. The third-order valence-electron chi connectivity index (χ3n) is 5.79. The van der Waals surface area contributed by atoms with Crippen LogP contribution in [0.2, 0.25) is 0 Å². The highest BCUT2D eigenvalue weighted by molar-refractivity contribution is 8.00. The fourth-order valence-electron chi connectivity index (χ4n) is 3.81. The summed E-state index contributed by atoms with van der Waals surface area (Å²) >= 11 is 1.31. The highest BCUT2D eigenvalue weighted by atomic mass is 32.2. The Labute approximate surface area is 209 Å². The van der Waals surface area contributed by atoms with Crippen molar-refractivity contribution in [3.8, 4) is 5.75 Å². The fraction of sp³-hybridized carbons (Fsp3) is 0.250. The monoisotopic (exact) mass is 487 g/mol. The van der Waals surface area contributed by atoms with E-state index in [1.165, 1.54) is 17.3 Å². The normalized spacial score (nSPS) is 11.8. The second-order valence-electron chi connectivity index (χ2n) is 8.28. The van der Waals surface area contributed by atoms with Crippen LogP contribution in [0, 0.1) is 0 Å². The maximum atomic E-state index is 13.3. The zero-order valence-corrected chi connectivity index (χ0v) is 20.8. The number of aryl methyl sites for hydroxylation is 1. The van der Waals surface area contributed by atoms with Crippen LogP contribution >= 0.6 is 11.8 Å². The number of methoxy groups -OCH3 is 1. The second-order valence-corrected chi connectivity index (χ2v) is 9.59. The lowest BCUT2D eigenvalue weighted by molar-refractivity contribution is -0.120. The van der Waals surface area contributed by atoms with Gasteiger partial charge in [-0.25, -0.2) is 4.98 Å². The molecule has 35 heavy (non-hydrogen) atoms. The highest BCUT2D eigenvalue weighted by Gasteiger charge is 2.19. The Morgan fingerprint density at radius 3 is 2.46 bits per heavy atom. The third-order valence-corrected chi connectivity index (χ3v) is 6.88. The van der Waals surface area contributed by atoms with Gasteiger partial charge in [0.15, 0.2) is 5.16 Å². The first kappa shape index (κ1) is 24.5. The fourth-order valence-corrected chi connectivity index (χ4v) is 4.77. The topological polar surface area (TPSA) is 73.2 Å². The van der Waals surface area contributed by atoms with Gasteiger partial charge >= 0.3 is 0 Å². The molecule has 0 aliphatic rings. The van der Waals surface area contributed by atoms with E-state index in [-0.39, 0.29) is 11.5 Å². The van der Waals surface area contributed by atoms with Crippen LogP contribution in [0.15, 0.2) is 88.8 Å². The van der Waals surface area contributed by atoms with Crippen LogP contribution in [0.5, 0.6) is 5.75 Å². The molecule has 0 bridgehead atoms. The van der Waals surface area contributed by atoms with Gasteiger partial charge in [-0.1, -0.05) is 66.4 Å². The predicted molar refractivity (Wildman–Crippen MR) is 141 cm³/mol. The number of ether oxygens (including phenoxy) is 1. The molecule has 1 aromatic heterocycles. The Bertz CT molecular complexity index is 1340. The van der Waals surface area contributed by atoms with Gasteiger partial charge in [-0.2, -0.15) is 0 Å². The van der Waals surface area contributed by atoms with Gasteiger partial charge < -0.3 is 10.1 Å². The predicted octanol–water partition coefficient (Wildman–Crippen LogP) is 4.83. The van der Waals surface area contributed by atoms with E-state index in [9.17, 15) is 9.59 Å². The quantitative estimate of drug-likeness (QED) is 0.256. The van der Waals surface area contributed by atoms with Crippen LogP contribution in [0.4, 0.5) is 0 Å². The molecule has 4 aromatic rings. The lowest BCUT2D eigenvalue weighted by Gasteiger charge is -2.16. The van der Waals surface area contributed by atoms with Crippen molar-refractivity contribution >= 4 is 28.6 Å². The average Bonchev–Trinajstić information content (AvgIpc) is 2.90. The van der Waals surface area contributed by atoms with E-state index in [0.717, 1.165) is 24.2 Å². The number of benzene rings is 3. The first-order chi connectivity index (χ1) is 17.0. The Hall–Kier alpha value is -3.58. The molecule has 1 atom stereocenters. The SMILES string of the molecule is COc1ccc(CNC(=O)C(C)Sc2nc3ccccc3c(=O)n2CCCc2ccccc2)cc1. The summed E-state index contributed by atoms with van der Waals surface area (Å²) in [6.45, 7) is 2.79. The molecule has 0 saturated carbocycles. The molecule has 0 aliphatic heterocycles. The molecular formula is C28H29N3O3S. The first-order valence-corrected chi connectivity index (χ1v) is 12.5. The molecule has 0 spiro atoms. The average molecular weight is 488 g/mol. The Morgan fingerprint density at radius 2 is 1.71 bits per heavy atom. The molecule has 4 rings (SSSR count). The van der Waals surface area contributed by atoms with Crippen molar-refractivity contribution in [2.45, 2.75) is 43.3 Å². The molecular weight excluding hydrogens is 458 g/mol. The Kier molecular flexibility index (Phi) is 8.21. The number of carbonyl (C=O) groups excluding carboxylic acids is 1. The van der Waals surface area contributed by atoms with Crippen molar-refractivity contribution in [3.63, 3.8) is 0 Å². The van der Waals surface area contributed by atoms with Gasteiger partial charge in [-0.15, -0.1) is 0 Å². The van der Waals surface area contributed by atoms with E-state index in [1.54, 1.807) is 17.7 Å². The van der Waals surface area contributed by atoms with Gasteiger partial charge in [0, 0.05) is 13.1 Å².